The molecule has 0 spiro atoms. The summed E-state index contributed by atoms with van der Waals surface area (Å²) in [5.74, 6) is -0.610. The van der Waals surface area contributed by atoms with E-state index in [2.05, 4.69) is 30.9 Å². The molecule has 140 valence electrons. The van der Waals surface area contributed by atoms with Crippen molar-refractivity contribution in [2.75, 3.05) is 20.2 Å². The van der Waals surface area contributed by atoms with E-state index in [1.165, 1.54) is 29.3 Å². The third-order valence-corrected chi connectivity index (χ3v) is 5.08. The number of rotatable bonds is 6. The number of piperidine rings is 1. The normalized spacial score (nSPS) is 18.2. The Hall–Kier alpha value is -2.34. The lowest BCUT2D eigenvalue weighted by atomic mass is 10.0. The van der Waals surface area contributed by atoms with Crippen molar-refractivity contribution in [1.29, 1.82) is 0 Å². The van der Waals surface area contributed by atoms with Gasteiger partial charge in [0.05, 0.1) is 23.4 Å². The average molecular weight is 356 g/mol. The Kier molecular flexibility index (Phi) is 5.61. The molecular formula is C20H26N3O3-. The Balaban J connectivity index is 1.85. The first-order chi connectivity index (χ1) is 12.5. The summed E-state index contributed by atoms with van der Waals surface area (Å²) in [5, 5.41) is 15.7. The second-order valence-electron chi connectivity index (χ2n) is 7.25. The van der Waals surface area contributed by atoms with Gasteiger partial charge in [-0.25, -0.2) is 4.68 Å². The molecule has 0 aliphatic carbocycles. The number of ether oxygens (including phenoxy) is 1. The lowest BCUT2D eigenvalue weighted by molar-refractivity contribution is -0.255. The maximum atomic E-state index is 11.5. The molecule has 6 nitrogen and oxygen atoms in total. The predicted octanol–water partition coefficient (Wildman–Crippen LogP) is 2.22. The van der Waals surface area contributed by atoms with Gasteiger partial charge in [0.15, 0.2) is 0 Å². The fraction of sp³-hybridized carbons (Fsp3) is 0.500. The van der Waals surface area contributed by atoms with Crippen LogP contribution in [-0.2, 0) is 0 Å². The molecule has 1 fully saturated rings. The number of aromatic nitrogens is 2. The van der Waals surface area contributed by atoms with E-state index in [1.807, 2.05) is 24.3 Å². The van der Waals surface area contributed by atoms with Crippen LogP contribution < -0.4 is 9.84 Å². The van der Waals surface area contributed by atoms with Gasteiger partial charge in [-0.15, -0.1) is 0 Å². The molecule has 1 aliphatic rings. The molecule has 1 unspecified atom stereocenters. The number of likely N-dealkylation sites (N-methyl/N-ethyl adjacent to an activating group) is 1. The molecule has 6 heteroatoms. The number of carboxylic acid groups (broad SMARTS) is 1. The van der Waals surface area contributed by atoms with E-state index in [-0.39, 0.29) is 17.5 Å². The molecule has 26 heavy (non-hydrogen) atoms. The molecule has 0 amide bonds. The van der Waals surface area contributed by atoms with Crippen LogP contribution in [0.4, 0.5) is 0 Å². The minimum Gasteiger partial charge on any atom is -0.545 e. The van der Waals surface area contributed by atoms with E-state index in [0.717, 1.165) is 18.7 Å². The number of carbonyl (C=O) groups is 1. The van der Waals surface area contributed by atoms with E-state index in [4.69, 9.17) is 4.74 Å². The van der Waals surface area contributed by atoms with Gasteiger partial charge in [-0.05, 0) is 50.0 Å². The van der Waals surface area contributed by atoms with Gasteiger partial charge in [0, 0.05) is 6.04 Å². The highest BCUT2D eigenvalue weighted by atomic mass is 16.5. The van der Waals surface area contributed by atoms with Crippen molar-refractivity contribution in [3.05, 3.63) is 41.6 Å². The average Bonchev–Trinajstić information content (AvgIpc) is 3.05. The van der Waals surface area contributed by atoms with E-state index in [0.29, 0.717) is 12.5 Å². The lowest BCUT2D eigenvalue weighted by Crippen LogP contribution is -2.40. The zero-order valence-electron chi connectivity index (χ0n) is 15.6. The third kappa shape index (κ3) is 3.90. The molecule has 1 aliphatic heterocycles. The van der Waals surface area contributed by atoms with Crippen LogP contribution in [0.15, 0.2) is 30.5 Å². The lowest BCUT2D eigenvalue weighted by Gasteiger charge is -2.32. The Bertz CT molecular complexity index is 752. The minimum absolute atomic E-state index is 0.0172. The zero-order chi connectivity index (χ0) is 18.7. The summed E-state index contributed by atoms with van der Waals surface area (Å²) in [6.07, 6.45) is 4.71. The molecule has 1 atom stereocenters. The largest absolute Gasteiger partial charge is 0.545 e. The SMILES string of the molecule is CC(C)c1ccc(-n2ncc(C(=O)[O-])c2OCC2CCCCN2C)cc1. The van der Waals surface area contributed by atoms with Gasteiger partial charge in [-0.1, -0.05) is 32.4 Å². The molecule has 1 aromatic heterocycles. The first-order valence-corrected chi connectivity index (χ1v) is 9.20. The molecule has 0 N–H and O–H groups in total. The quantitative estimate of drug-likeness (QED) is 0.794. The predicted molar refractivity (Wildman–Crippen MR) is 97.7 cm³/mol. The highest BCUT2D eigenvalue weighted by molar-refractivity contribution is 5.88. The van der Waals surface area contributed by atoms with Gasteiger partial charge >= 0.3 is 0 Å². The summed E-state index contributed by atoms with van der Waals surface area (Å²) in [4.78, 5) is 13.7. The second-order valence-corrected chi connectivity index (χ2v) is 7.25. The smallest absolute Gasteiger partial charge is 0.226 e. The number of hydrogen-bond acceptors (Lipinski definition) is 5. The summed E-state index contributed by atoms with van der Waals surface area (Å²) in [5.41, 5.74) is 1.97. The number of aromatic carboxylic acids is 1. The van der Waals surface area contributed by atoms with Crippen molar-refractivity contribution in [3.63, 3.8) is 0 Å². The van der Waals surface area contributed by atoms with Crippen LogP contribution in [0.5, 0.6) is 5.88 Å². The fourth-order valence-electron chi connectivity index (χ4n) is 3.33. The summed E-state index contributed by atoms with van der Waals surface area (Å²) in [6.45, 7) is 5.74. The Morgan fingerprint density at radius 2 is 2.04 bits per heavy atom. The summed E-state index contributed by atoms with van der Waals surface area (Å²) in [7, 11) is 2.08. The molecule has 0 saturated carbocycles. The van der Waals surface area contributed by atoms with Gasteiger partial charge in [0.1, 0.15) is 6.61 Å². The first kappa shape index (κ1) is 18.5. The van der Waals surface area contributed by atoms with Crippen LogP contribution in [0.1, 0.15) is 54.9 Å². The highest BCUT2D eigenvalue weighted by Gasteiger charge is 2.22. The Morgan fingerprint density at radius 1 is 1.31 bits per heavy atom. The van der Waals surface area contributed by atoms with Gasteiger partial charge in [0.25, 0.3) is 0 Å². The molecular weight excluding hydrogens is 330 g/mol. The molecule has 1 saturated heterocycles. The zero-order valence-corrected chi connectivity index (χ0v) is 15.6. The van der Waals surface area contributed by atoms with Crippen LogP contribution >= 0.6 is 0 Å². The van der Waals surface area contributed by atoms with E-state index >= 15 is 0 Å². The molecule has 2 heterocycles. The maximum absolute atomic E-state index is 11.5. The minimum atomic E-state index is -1.28. The monoisotopic (exact) mass is 356 g/mol. The van der Waals surface area contributed by atoms with Crippen molar-refractivity contribution in [3.8, 4) is 11.6 Å². The van der Waals surface area contributed by atoms with E-state index in [9.17, 15) is 9.90 Å². The van der Waals surface area contributed by atoms with Crippen LogP contribution in [0.2, 0.25) is 0 Å². The summed E-state index contributed by atoms with van der Waals surface area (Å²) in [6, 6.07) is 8.20. The fourth-order valence-corrected chi connectivity index (χ4v) is 3.33. The highest BCUT2D eigenvalue weighted by Crippen LogP contribution is 2.25. The number of hydrogen-bond donors (Lipinski definition) is 0. The second kappa shape index (κ2) is 7.91. The van der Waals surface area contributed by atoms with Crippen LogP contribution in [0.3, 0.4) is 0 Å². The first-order valence-electron chi connectivity index (χ1n) is 9.20. The summed E-state index contributed by atoms with van der Waals surface area (Å²) >= 11 is 0. The van der Waals surface area contributed by atoms with Crippen molar-refractivity contribution >= 4 is 5.97 Å². The van der Waals surface area contributed by atoms with Crippen molar-refractivity contribution < 1.29 is 14.6 Å². The van der Waals surface area contributed by atoms with Crippen molar-refractivity contribution in [2.24, 2.45) is 0 Å². The number of nitrogens with zero attached hydrogens (tertiary/aromatic N) is 3. The Morgan fingerprint density at radius 3 is 2.65 bits per heavy atom. The van der Waals surface area contributed by atoms with Crippen LogP contribution in [-0.4, -0.2) is 46.9 Å². The number of carboxylic acids is 1. The van der Waals surface area contributed by atoms with Gasteiger partial charge < -0.3 is 19.5 Å². The van der Waals surface area contributed by atoms with Crippen LogP contribution in [0, 0.1) is 0 Å². The van der Waals surface area contributed by atoms with Crippen molar-refractivity contribution in [2.45, 2.75) is 45.1 Å². The Labute approximate surface area is 154 Å². The van der Waals surface area contributed by atoms with Crippen molar-refractivity contribution in [1.82, 2.24) is 14.7 Å². The molecule has 1 aromatic carbocycles. The third-order valence-electron chi connectivity index (χ3n) is 5.08. The van der Waals surface area contributed by atoms with Gasteiger partial charge in [-0.2, -0.15) is 5.10 Å². The van der Waals surface area contributed by atoms with Gasteiger partial charge in [0.2, 0.25) is 5.88 Å². The summed E-state index contributed by atoms with van der Waals surface area (Å²) < 4.78 is 7.49. The van der Waals surface area contributed by atoms with E-state index < -0.39 is 5.97 Å². The number of likely N-dealkylation sites (tertiary alicyclic amines) is 1. The van der Waals surface area contributed by atoms with E-state index in [1.54, 1.807) is 0 Å². The molecule has 3 rings (SSSR count). The number of benzene rings is 1. The molecule has 0 radical (unpaired) electrons. The number of carbonyl (C=O) groups excluding carboxylic acids is 1. The molecule has 0 bridgehead atoms. The standard InChI is InChI=1S/C20H27N3O3/c1-14(2)15-7-9-16(10-8-15)23-19(18(12-21-23)20(24)25)26-13-17-6-4-5-11-22(17)3/h7-10,12,14,17H,4-6,11,13H2,1-3H3,(H,24,25)/p-1. The van der Waals surface area contributed by atoms with Crippen LogP contribution in [0.25, 0.3) is 5.69 Å². The topological polar surface area (TPSA) is 70.4 Å². The van der Waals surface area contributed by atoms with Gasteiger partial charge in [-0.3, -0.25) is 0 Å². The maximum Gasteiger partial charge on any atom is 0.226 e. The molecule has 2 aromatic rings.